The fraction of sp³-hybridized carbons (Fsp3) is 0.105. The first-order valence-electron chi connectivity index (χ1n) is 8.24. The summed E-state index contributed by atoms with van der Waals surface area (Å²) < 4.78 is 17.1. The number of hydrogen-bond acceptors (Lipinski definition) is 6. The number of aromatic nitrogens is 3. The average Bonchev–Trinajstić information content (AvgIpc) is 3.31. The maximum Gasteiger partial charge on any atom is 0.298 e. The lowest BCUT2D eigenvalue weighted by Crippen LogP contribution is -2.17. The number of aromatic amines is 1. The van der Waals surface area contributed by atoms with E-state index in [1.54, 1.807) is 25.5 Å². The summed E-state index contributed by atoms with van der Waals surface area (Å²) in [5.41, 5.74) is 2.29. The molecule has 2 aromatic carbocycles. The van der Waals surface area contributed by atoms with E-state index >= 15 is 0 Å². The second-order valence-electron chi connectivity index (χ2n) is 6.01. The fourth-order valence-electron chi connectivity index (χ4n) is 3.06. The van der Waals surface area contributed by atoms with E-state index < -0.39 is 0 Å². The molecule has 3 heterocycles. The zero-order valence-corrected chi connectivity index (χ0v) is 14.3. The van der Waals surface area contributed by atoms with Crippen LogP contribution in [0.25, 0.3) is 21.9 Å². The molecule has 0 saturated heterocycles. The second kappa shape index (κ2) is 5.87. The van der Waals surface area contributed by atoms with Crippen LogP contribution in [0.1, 0.15) is 5.56 Å². The van der Waals surface area contributed by atoms with Gasteiger partial charge in [-0.15, -0.1) is 0 Å². The van der Waals surface area contributed by atoms with Gasteiger partial charge in [-0.1, -0.05) is 0 Å². The van der Waals surface area contributed by atoms with Crippen LogP contribution in [0.2, 0.25) is 0 Å². The summed E-state index contributed by atoms with van der Waals surface area (Å²) >= 11 is 0. The van der Waals surface area contributed by atoms with E-state index in [-0.39, 0.29) is 12.4 Å². The van der Waals surface area contributed by atoms with E-state index in [9.17, 15) is 4.79 Å². The van der Waals surface area contributed by atoms with Crippen molar-refractivity contribution in [2.45, 2.75) is 0 Å². The highest BCUT2D eigenvalue weighted by molar-refractivity contribution is 6.04. The lowest BCUT2D eigenvalue weighted by molar-refractivity contribution is 0.174. The normalized spacial score (nSPS) is 13.1. The molecule has 1 aliphatic heterocycles. The number of nitrogens with zero attached hydrogens (tertiary/aromatic N) is 3. The number of H-pyrrole nitrogens is 1. The standard InChI is InChI=1S/C19H14N4O4/c1-25-12-3-4-14-13(7-12)17-18(22-14)19(24)23(9-20-17)21-8-11-2-5-15-16(6-11)27-10-26-15/h2-9,22H,10H2,1H3/b21-8+. The molecule has 8 heteroatoms. The molecule has 5 rings (SSSR count). The van der Waals surface area contributed by atoms with E-state index in [0.29, 0.717) is 28.3 Å². The Morgan fingerprint density at radius 3 is 3.00 bits per heavy atom. The van der Waals surface area contributed by atoms with Crippen molar-refractivity contribution in [3.05, 3.63) is 58.6 Å². The lowest BCUT2D eigenvalue weighted by Gasteiger charge is -2.00. The van der Waals surface area contributed by atoms with Crippen LogP contribution in [0, 0.1) is 0 Å². The third-order valence-electron chi connectivity index (χ3n) is 4.42. The minimum atomic E-state index is -0.285. The number of fused-ring (bicyclic) bond motifs is 4. The first kappa shape index (κ1) is 15.4. The van der Waals surface area contributed by atoms with Gasteiger partial charge in [0.25, 0.3) is 5.56 Å². The molecule has 27 heavy (non-hydrogen) atoms. The van der Waals surface area contributed by atoms with Crippen LogP contribution < -0.4 is 19.8 Å². The molecule has 1 N–H and O–H groups in total. The number of benzene rings is 2. The number of rotatable bonds is 3. The highest BCUT2D eigenvalue weighted by atomic mass is 16.7. The molecule has 1 aliphatic rings. The van der Waals surface area contributed by atoms with Crippen molar-refractivity contribution >= 4 is 28.2 Å². The van der Waals surface area contributed by atoms with Crippen molar-refractivity contribution in [2.24, 2.45) is 5.10 Å². The number of methoxy groups -OCH3 is 1. The number of hydrogen-bond donors (Lipinski definition) is 1. The molecular formula is C19H14N4O4. The van der Waals surface area contributed by atoms with Gasteiger partial charge in [-0.2, -0.15) is 9.78 Å². The maximum absolute atomic E-state index is 12.8. The molecule has 4 aromatic rings. The molecule has 0 atom stereocenters. The molecule has 0 saturated carbocycles. The molecule has 0 spiro atoms. The zero-order valence-electron chi connectivity index (χ0n) is 14.3. The summed E-state index contributed by atoms with van der Waals surface area (Å²) in [5, 5.41) is 5.06. The van der Waals surface area contributed by atoms with E-state index in [4.69, 9.17) is 14.2 Å². The van der Waals surface area contributed by atoms with Gasteiger partial charge in [0, 0.05) is 10.9 Å². The van der Waals surface area contributed by atoms with Gasteiger partial charge in [0.1, 0.15) is 23.1 Å². The predicted octanol–water partition coefficient (Wildman–Crippen LogP) is 2.50. The largest absolute Gasteiger partial charge is 0.497 e. The highest BCUT2D eigenvalue weighted by Crippen LogP contribution is 2.32. The molecule has 134 valence electrons. The van der Waals surface area contributed by atoms with Crippen molar-refractivity contribution in [3.63, 3.8) is 0 Å². The van der Waals surface area contributed by atoms with Crippen LogP contribution in [0.5, 0.6) is 17.2 Å². The van der Waals surface area contributed by atoms with E-state index in [0.717, 1.165) is 16.5 Å². The van der Waals surface area contributed by atoms with Gasteiger partial charge in [-0.25, -0.2) is 4.98 Å². The van der Waals surface area contributed by atoms with Gasteiger partial charge in [-0.05, 0) is 42.0 Å². The summed E-state index contributed by atoms with van der Waals surface area (Å²) in [5.74, 6) is 2.06. The highest BCUT2D eigenvalue weighted by Gasteiger charge is 2.13. The Labute approximate surface area is 152 Å². The van der Waals surface area contributed by atoms with Crippen LogP contribution in [0.3, 0.4) is 0 Å². The summed E-state index contributed by atoms with van der Waals surface area (Å²) in [6.07, 6.45) is 2.98. The van der Waals surface area contributed by atoms with Crippen LogP contribution in [-0.4, -0.2) is 34.8 Å². The van der Waals surface area contributed by atoms with Gasteiger partial charge in [0.2, 0.25) is 6.79 Å². The molecule has 0 fully saturated rings. The van der Waals surface area contributed by atoms with Crippen molar-refractivity contribution in [3.8, 4) is 17.2 Å². The maximum atomic E-state index is 12.8. The molecule has 2 aromatic heterocycles. The number of nitrogens with one attached hydrogen (secondary N) is 1. The quantitative estimate of drug-likeness (QED) is 0.566. The molecule has 0 amide bonds. The predicted molar refractivity (Wildman–Crippen MR) is 100.0 cm³/mol. The molecular weight excluding hydrogens is 348 g/mol. The second-order valence-corrected chi connectivity index (χ2v) is 6.01. The Morgan fingerprint density at radius 1 is 1.22 bits per heavy atom. The Kier molecular flexibility index (Phi) is 3.36. The molecule has 0 aliphatic carbocycles. The minimum Gasteiger partial charge on any atom is -0.497 e. The van der Waals surface area contributed by atoms with E-state index in [2.05, 4.69) is 15.1 Å². The van der Waals surface area contributed by atoms with Gasteiger partial charge in [-0.3, -0.25) is 4.79 Å². The third kappa shape index (κ3) is 2.50. The lowest BCUT2D eigenvalue weighted by atomic mass is 10.2. The van der Waals surface area contributed by atoms with Crippen LogP contribution in [0.4, 0.5) is 0 Å². The van der Waals surface area contributed by atoms with Crippen LogP contribution in [0.15, 0.2) is 52.6 Å². The number of ether oxygens (including phenoxy) is 3. The monoisotopic (exact) mass is 362 g/mol. The first-order valence-corrected chi connectivity index (χ1v) is 8.24. The van der Waals surface area contributed by atoms with Crippen LogP contribution in [-0.2, 0) is 0 Å². The Balaban J connectivity index is 1.56. The summed E-state index contributed by atoms with van der Waals surface area (Å²) in [6, 6.07) is 11.0. The van der Waals surface area contributed by atoms with Gasteiger partial charge in [0.15, 0.2) is 11.5 Å². The van der Waals surface area contributed by atoms with Crippen molar-refractivity contribution < 1.29 is 14.2 Å². The van der Waals surface area contributed by atoms with Gasteiger partial charge >= 0.3 is 0 Å². The first-order chi connectivity index (χ1) is 13.2. The Morgan fingerprint density at radius 2 is 2.11 bits per heavy atom. The minimum absolute atomic E-state index is 0.209. The third-order valence-corrected chi connectivity index (χ3v) is 4.42. The molecule has 0 radical (unpaired) electrons. The molecule has 0 bridgehead atoms. The summed E-state index contributed by atoms with van der Waals surface area (Å²) in [4.78, 5) is 20.3. The topological polar surface area (TPSA) is 90.7 Å². The SMILES string of the molecule is COc1ccc2[nH]c3c(=O)n(/N=C/c4ccc5c(c4)OCO5)cnc3c2c1. The Hall–Kier alpha value is -3.81. The van der Waals surface area contributed by atoms with Crippen molar-refractivity contribution in [2.75, 3.05) is 13.9 Å². The molecule has 8 nitrogen and oxygen atoms in total. The molecule has 0 unspecified atom stereocenters. The smallest absolute Gasteiger partial charge is 0.298 e. The zero-order chi connectivity index (χ0) is 18.4. The van der Waals surface area contributed by atoms with Gasteiger partial charge in [0.05, 0.1) is 13.3 Å². The van der Waals surface area contributed by atoms with E-state index in [1.807, 2.05) is 24.3 Å². The Bertz CT molecular complexity index is 1270. The van der Waals surface area contributed by atoms with Crippen molar-refractivity contribution in [1.82, 2.24) is 14.6 Å². The average molecular weight is 362 g/mol. The van der Waals surface area contributed by atoms with Crippen LogP contribution >= 0.6 is 0 Å². The van der Waals surface area contributed by atoms with Gasteiger partial charge < -0.3 is 19.2 Å². The summed E-state index contributed by atoms with van der Waals surface area (Å²) in [6.45, 7) is 0.209. The van der Waals surface area contributed by atoms with E-state index in [1.165, 1.54) is 11.0 Å². The fourth-order valence-corrected chi connectivity index (χ4v) is 3.06. The summed E-state index contributed by atoms with van der Waals surface area (Å²) in [7, 11) is 1.60. The van der Waals surface area contributed by atoms with Crippen molar-refractivity contribution in [1.29, 1.82) is 0 Å².